The Kier molecular flexibility index (Phi) is 8.74. The highest BCUT2D eigenvalue weighted by atomic mass is 79.9. The van der Waals surface area contributed by atoms with Gasteiger partial charge in [-0.3, -0.25) is 0 Å². The van der Waals surface area contributed by atoms with Gasteiger partial charge >= 0.3 is 0 Å². The number of hydrogen-bond acceptors (Lipinski definition) is 3. The molecule has 3 nitrogen and oxygen atoms in total. The highest BCUT2D eigenvalue weighted by molar-refractivity contribution is 9.10. The summed E-state index contributed by atoms with van der Waals surface area (Å²) in [6.07, 6.45) is 2.85. The first-order valence-corrected chi connectivity index (χ1v) is 7.99. The summed E-state index contributed by atoms with van der Waals surface area (Å²) < 4.78 is 12.2. The van der Waals surface area contributed by atoms with Crippen molar-refractivity contribution in [3.63, 3.8) is 0 Å². The van der Waals surface area contributed by atoms with Crippen LogP contribution in [0.15, 0.2) is 28.2 Å². The molecule has 1 aromatic carbocycles. The Morgan fingerprint density at radius 2 is 2.10 bits per heavy atom. The monoisotopic (exact) mass is 361 g/mol. The molecule has 0 amide bonds. The van der Waals surface area contributed by atoms with Gasteiger partial charge in [0, 0.05) is 12.1 Å². The summed E-state index contributed by atoms with van der Waals surface area (Å²) in [6, 6.07) is 4.06. The van der Waals surface area contributed by atoms with Gasteiger partial charge in [0.15, 0.2) is 11.5 Å². The van der Waals surface area contributed by atoms with Gasteiger partial charge in [-0.2, -0.15) is 0 Å². The van der Waals surface area contributed by atoms with Crippen LogP contribution in [0, 0.1) is 0 Å². The van der Waals surface area contributed by atoms with Gasteiger partial charge in [0.05, 0.1) is 11.1 Å². The summed E-state index contributed by atoms with van der Waals surface area (Å²) in [6.45, 7) is 6.93. The van der Waals surface area contributed by atoms with Crippen LogP contribution in [0.5, 0.6) is 11.5 Å². The van der Waals surface area contributed by atoms with E-state index in [1.165, 1.54) is 5.54 Å². The molecular formula is C15H21BrClNO2. The first-order chi connectivity index (χ1) is 9.72. The molecule has 1 N–H and O–H groups in total. The van der Waals surface area contributed by atoms with E-state index in [1.807, 2.05) is 19.1 Å². The predicted molar refractivity (Wildman–Crippen MR) is 87.8 cm³/mol. The van der Waals surface area contributed by atoms with E-state index in [4.69, 9.17) is 21.1 Å². The van der Waals surface area contributed by atoms with E-state index in [-0.39, 0.29) is 0 Å². The maximum absolute atomic E-state index is 5.68. The first kappa shape index (κ1) is 17.3. The van der Waals surface area contributed by atoms with E-state index in [0.29, 0.717) is 19.0 Å². The van der Waals surface area contributed by atoms with Crippen molar-refractivity contribution in [1.82, 2.24) is 5.32 Å². The second-order valence-corrected chi connectivity index (χ2v) is 5.29. The van der Waals surface area contributed by atoms with Gasteiger partial charge in [-0.25, -0.2) is 0 Å². The smallest absolute Gasteiger partial charge is 0.175 e. The predicted octanol–water partition coefficient (Wildman–Crippen LogP) is 4.48. The Bertz CT molecular complexity index is 438. The fourth-order valence-electron chi connectivity index (χ4n) is 1.70. The zero-order chi connectivity index (χ0) is 14.8. The summed E-state index contributed by atoms with van der Waals surface area (Å²) in [4.78, 5) is 0. The average molecular weight is 363 g/mol. The topological polar surface area (TPSA) is 30.5 Å². The van der Waals surface area contributed by atoms with Gasteiger partial charge in [0.2, 0.25) is 0 Å². The Hall–Kier alpha value is -0.710. The quantitative estimate of drug-likeness (QED) is 0.657. The molecule has 20 heavy (non-hydrogen) atoms. The standard InChI is InChI=1S/C15H21BrClNO2/c1-3-7-18-11-12-9-13(16)15(20-8-5-6-17)14(10-12)19-4-2/h5-6,9-10,18H,3-4,7-8,11H2,1-2H3/b6-5+. The molecule has 0 heterocycles. The van der Waals surface area contributed by atoms with Crippen molar-refractivity contribution < 1.29 is 9.47 Å². The molecule has 1 aromatic rings. The molecule has 0 unspecified atom stereocenters. The number of rotatable bonds is 9. The first-order valence-electron chi connectivity index (χ1n) is 6.76. The van der Waals surface area contributed by atoms with E-state index in [0.717, 1.165) is 35.3 Å². The van der Waals surface area contributed by atoms with Crippen molar-refractivity contribution in [2.75, 3.05) is 19.8 Å². The molecule has 0 saturated carbocycles. The van der Waals surface area contributed by atoms with Gasteiger partial charge in [0.25, 0.3) is 0 Å². The molecule has 0 saturated heterocycles. The molecule has 0 radical (unpaired) electrons. The Balaban J connectivity index is 2.86. The lowest BCUT2D eigenvalue weighted by atomic mass is 10.2. The fourth-order valence-corrected chi connectivity index (χ4v) is 2.38. The summed E-state index contributed by atoms with van der Waals surface area (Å²) >= 11 is 9.03. The number of benzene rings is 1. The lowest BCUT2D eigenvalue weighted by molar-refractivity contribution is 0.295. The molecule has 0 spiro atoms. The fraction of sp³-hybridized carbons (Fsp3) is 0.467. The largest absolute Gasteiger partial charge is 0.490 e. The molecule has 0 aliphatic rings. The number of ether oxygens (including phenoxy) is 2. The zero-order valence-electron chi connectivity index (χ0n) is 11.9. The SMILES string of the molecule is CCCNCc1cc(Br)c(OC/C=C/Cl)c(OCC)c1. The molecule has 0 bridgehead atoms. The van der Waals surface area contributed by atoms with Crippen LogP contribution >= 0.6 is 27.5 Å². The van der Waals surface area contributed by atoms with Crippen LogP contribution in [0.2, 0.25) is 0 Å². The molecule has 0 aliphatic heterocycles. The highest BCUT2D eigenvalue weighted by Crippen LogP contribution is 2.37. The summed E-state index contributed by atoms with van der Waals surface area (Å²) in [5.41, 5.74) is 2.60. The van der Waals surface area contributed by atoms with Crippen molar-refractivity contribution in [3.05, 3.63) is 33.8 Å². The Labute approximate surface area is 134 Å². The van der Waals surface area contributed by atoms with Crippen molar-refractivity contribution >= 4 is 27.5 Å². The minimum absolute atomic E-state index is 0.412. The molecule has 0 fully saturated rings. The van der Waals surface area contributed by atoms with Gasteiger partial charge < -0.3 is 14.8 Å². The molecule has 0 atom stereocenters. The molecule has 0 aromatic heterocycles. The van der Waals surface area contributed by atoms with E-state index in [9.17, 15) is 0 Å². The minimum Gasteiger partial charge on any atom is -0.490 e. The lowest BCUT2D eigenvalue weighted by Crippen LogP contribution is -2.14. The highest BCUT2D eigenvalue weighted by Gasteiger charge is 2.11. The maximum atomic E-state index is 5.68. The molecule has 5 heteroatoms. The van der Waals surface area contributed by atoms with Crippen molar-refractivity contribution in [3.8, 4) is 11.5 Å². The van der Waals surface area contributed by atoms with Crippen LogP contribution in [-0.2, 0) is 6.54 Å². The van der Waals surface area contributed by atoms with Gasteiger partial charge in [-0.05, 0) is 59.6 Å². The van der Waals surface area contributed by atoms with E-state index < -0.39 is 0 Å². The Morgan fingerprint density at radius 3 is 2.75 bits per heavy atom. The van der Waals surface area contributed by atoms with Gasteiger partial charge in [-0.15, -0.1) is 0 Å². The van der Waals surface area contributed by atoms with Crippen LogP contribution in [0.25, 0.3) is 0 Å². The third-order valence-corrected chi connectivity index (χ3v) is 3.31. The molecule has 0 aliphatic carbocycles. The molecular weight excluding hydrogens is 342 g/mol. The summed E-state index contributed by atoms with van der Waals surface area (Å²) in [7, 11) is 0. The van der Waals surface area contributed by atoms with Crippen LogP contribution in [0.1, 0.15) is 25.8 Å². The minimum atomic E-state index is 0.412. The molecule has 112 valence electrons. The maximum Gasteiger partial charge on any atom is 0.175 e. The lowest BCUT2D eigenvalue weighted by Gasteiger charge is -2.15. The van der Waals surface area contributed by atoms with E-state index in [1.54, 1.807) is 6.08 Å². The van der Waals surface area contributed by atoms with Crippen molar-refractivity contribution in [1.29, 1.82) is 0 Å². The third-order valence-electron chi connectivity index (χ3n) is 2.54. The molecule has 1 rings (SSSR count). The van der Waals surface area contributed by atoms with Crippen LogP contribution in [-0.4, -0.2) is 19.8 Å². The van der Waals surface area contributed by atoms with Crippen molar-refractivity contribution in [2.45, 2.75) is 26.8 Å². The Morgan fingerprint density at radius 1 is 1.30 bits per heavy atom. The average Bonchev–Trinajstić information content (AvgIpc) is 2.42. The number of halogens is 2. The van der Waals surface area contributed by atoms with E-state index in [2.05, 4.69) is 28.2 Å². The number of hydrogen-bond donors (Lipinski definition) is 1. The zero-order valence-corrected chi connectivity index (χ0v) is 14.3. The third kappa shape index (κ3) is 5.73. The summed E-state index contributed by atoms with van der Waals surface area (Å²) in [5.74, 6) is 1.46. The van der Waals surface area contributed by atoms with Crippen LogP contribution in [0.4, 0.5) is 0 Å². The number of nitrogens with one attached hydrogen (secondary N) is 1. The van der Waals surface area contributed by atoms with Gasteiger partial charge in [0.1, 0.15) is 6.61 Å². The van der Waals surface area contributed by atoms with E-state index >= 15 is 0 Å². The summed E-state index contributed by atoms with van der Waals surface area (Å²) in [5, 5.41) is 3.37. The second-order valence-electron chi connectivity index (χ2n) is 4.19. The van der Waals surface area contributed by atoms with Gasteiger partial charge in [-0.1, -0.05) is 18.5 Å². The second kappa shape index (κ2) is 10.1. The van der Waals surface area contributed by atoms with Crippen molar-refractivity contribution in [2.24, 2.45) is 0 Å². The normalized spacial score (nSPS) is 11.0. The van der Waals surface area contributed by atoms with Crippen LogP contribution in [0.3, 0.4) is 0 Å². The van der Waals surface area contributed by atoms with Crippen LogP contribution < -0.4 is 14.8 Å².